The molecule has 6 heteroatoms. The quantitative estimate of drug-likeness (QED) is 0.523. The van der Waals surface area contributed by atoms with E-state index in [9.17, 15) is 5.11 Å². The van der Waals surface area contributed by atoms with E-state index in [2.05, 4.69) is 40.7 Å². The van der Waals surface area contributed by atoms with Gasteiger partial charge in [-0.3, -0.25) is 4.98 Å². The Morgan fingerprint density at radius 1 is 1.31 bits per heavy atom. The lowest BCUT2D eigenvalue weighted by Gasteiger charge is -2.27. The normalized spacial score (nSPS) is 20.5. The molecule has 26 heavy (non-hydrogen) atoms. The summed E-state index contributed by atoms with van der Waals surface area (Å²) < 4.78 is 5.56. The summed E-state index contributed by atoms with van der Waals surface area (Å²) in [6.45, 7) is 5.78. The van der Waals surface area contributed by atoms with Crippen LogP contribution in [-0.2, 0) is 11.3 Å². The number of ether oxygens (including phenoxy) is 1. The lowest BCUT2D eigenvalue weighted by molar-refractivity contribution is 0.127. The summed E-state index contributed by atoms with van der Waals surface area (Å²) in [6.07, 6.45) is 3.53. The van der Waals surface area contributed by atoms with E-state index in [0.29, 0.717) is 13.2 Å². The van der Waals surface area contributed by atoms with Crippen LogP contribution < -0.4 is 10.6 Å². The van der Waals surface area contributed by atoms with Crippen molar-refractivity contribution in [2.75, 3.05) is 32.9 Å². The van der Waals surface area contributed by atoms with Gasteiger partial charge in [0.25, 0.3) is 0 Å². The molecule has 1 unspecified atom stereocenters. The second kappa shape index (κ2) is 8.96. The molecule has 0 spiro atoms. The van der Waals surface area contributed by atoms with Gasteiger partial charge in [0.2, 0.25) is 0 Å². The van der Waals surface area contributed by atoms with Gasteiger partial charge in [0.1, 0.15) is 0 Å². The molecule has 2 aromatic rings. The van der Waals surface area contributed by atoms with Crippen LogP contribution in [0.15, 0.2) is 41.5 Å². The zero-order valence-corrected chi connectivity index (χ0v) is 15.4. The number of aliphatic imine (C=N–C) groups is 1. The van der Waals surface area contributed by atoms with Crippen molar-refractivity contribution in [1.82, 2.24) is 15.6 Å². The lowest BCUT2D eigenvalue weighted by Crippen LogP contribution is -2.44. The molecule has 140 valence electrons. The maximum atomic E-state index is 9.38. The molecule has 1 saturated heterocycles. The molecule has 0 bridgehead atoms. The fourth-order valence-corrected chi connectivity index (χ4v) is 3.38. The summed E-state index contributed by atoms with van der Waals surface area (Å²) in [4.78, 5) is 9.23. The van der Waals surface area contributed by atoms with Gasteiger partial charge >= 0.3 is 0 Å². The highest BCUT2D eigenvalue weighted by atomic mass is 16.5. The van der Waals surface area contributed by atoms with Gasteiger partial charge < -0.3 is 20.5 Å². The first kappa shape index (κ1) is 18.6. The standard InChI is InChI=1S/C20H28N4O2/c1-2-21-19(24-14-20(8-11-25)9-12-26-15-20)23-13-17-6-3-5-16-7-4-10-22-18(16)17/h3-7,10,25H,2,8-9,11-15H2,1H3,(H2,21,23,24). The van der Waals surface area contributed by atoms with Crippen LogP contribution in [-0.4, -0.2) is 49.0 Å². The maximum Gasteiger partial charge on any atom is 0.191 e. The van der Waals surface area contributed by atoms with Gasteiger partial charge in [0.15, 0.2) is 5.96 Å². The number of para-hydroxylation sites is 1. The molecule has 2 heterocycles. The van der Waals surface area contributed by atoms with Crippen molar-refractivity contribution in [3.8, 4) is 0 Å². The highest BCUT2D eigenvalue weighted by Crippen LogP contribution is 2.31. The average molecular weight is 356 g/mol. The van der Waals surface area contributed by atoms with Gasteiger partial charge in [0.05, 0.1) is 18.7 Å². The Morgan fingerprint density at radius 3 is 2.96 bits per heavy atom. The smallest absolute Gasteiger partial charge is 0.191 e. The van der Waals surface area contributed by atoms with Gasteiger partial charge in [-0.05, 0) is 31.4 Å². The average Bonchev–Trinajstić information content (AvgIpc) is 3.13. The number of hydrogen-bond donors (Lipinski definition) is 3. The van der Waals surface area contributed by atoms with E-state index in [1.54, 1.807) is 0 Å². The van der Waals surface area contributed by atoms with Crippen LogP contribution >= 0.6 is 0 Å². The minimum atomic E-state index is -0.00800. The van der Waals surface area contributed by atoms with Crippen LogP contribution in [0.25, 0.3) is 10.9 Å². The minimum absolute atomic E-state index is 0.00800. The van der Waals surface area contributed by atoms with Crippen LogP contribution in [0.2, 0.25) is 0 Å². The van der Waals surface area contributed by atoms with Crippen LogP contribution in [0.4, 0.5) is 0 Å². The largest absolute Gasteiger partial charge is 0.396 e. The zero-order chi connectivity index (χ0) is 18.2. The zero-order valence-electron chi connectivity index (χ0n) is 15.4. The van der Waals surface area contributed by atoms with Crippen LogP contribution in [0.5, 0.6) is 0 Å². The predicted octanol–water partition coefficient (Wildman–Crippen LogP) is 2.08. The third-order valence-corrected chi connectivity index (χ3v) is 4.93. The molecule has 0 amide bonds. The first-order valence-corrected chi connectivity index (χ1v) is 9.30. The predicted molar refractivity (Wildman–Crippen MR) is 104 cm³/mol. The Morgan fingerprint density at radius 2 is 2.19 bits per heavy atom. The van der Waals surface area contributed by atoms with E-state index < -0.39 is 0 Å². The number of benzene rings is 1. The molecule has 6 nitrogen and oxygen atoms in total. The van der Waals surface area contributed by atoms with Gasteiger partial charge in [-0.25, -0.2) is 4.99 Å². The third kappa shape index (κ3) is 4.51. The number of fused-ring (bicyclic) bond motifs is 1. The lowest BCUT2D eigenvalue weighted by atomic mass is 9.84. The van der Waals surface area contributed by atoms with E-state index in [-0.39, 0.29) is 12.0 Å². The van der Waals surface area contributed by atoms with Gasteiger partial charge in [-0.2, -0.15) is 0 Å². The van der Waals surface area contributed by atoms with E-state index in [4.69, 9.17) is 9.73 Å². The number of nitrogens with one attached hydrogen (secondary N) is 2. The number of guanidine groups is 1. The number of aliphatic hydroxyl groups excluding tert-OH is 1. The summed E-state index contributed by atoms with van der Waals surface area (Å²) in [7, 11) is 0. The molecule has 1 aliphatic heterocycles. The Bertz CT molecular complexity index is 736. The molecule has 1 aromatic heterocycles. The van der Waals surface area contributed by atoms with E-state index in [1.165, 1.54) is 0 Å². The monoisotopic (exact) mass is 356 g/mol. The second-order valence-electron chi connectivity index (χ2n) is 6.82. The molecule has 3 N–H and O–H groups in total. The number of aliphatic hydroxyl groups is 1. The van der Waals surface area contributed by atoms with Crippen molar-refractivity contribution in [1.29, 1.82) is 0 Å². The second-order valence-corrected chi connectivity index (χ2v) is 6.82. The van der Waals surface area contributed by atoms with E-state index in [0.717, 1.165) is 55.0 Å². The Kier molecular flexibility index (Phi) is 6.41. The Labute approximate surface area is 154 Å². The molecular formula is C20H28N4O2. The van der Waals surface area contributed by atoms with E-state index >= 15 is 0 Å². The van der Waals surface area contributed by atoms with Crippen molar-refractivity contribution >= 4 is 16.9 Å². The maximum absolute atomic E-state index is 9.38. The minimum Gasteiger partial charge on any atom is -0.396 e. The molecule has 0 radical (unpaired) electrons. The molecule has 1 fully saturated rings. The van der Waals surface area contributed by atoms with Crippen molar-refractivity contribution in [2.45, 2.75) is 26.3 Å². The van der Waals surface area contributed by atoms with Crippen molar-refractivity contribution < 1.29 is 9.84 Å². The van der Waals surface area contributed by atoms with Crippen molar-refractivity contribution in [3.05, 3.63) is 42.1 Å². The molecule has 1 atom stereocenters. The highest BCUT2D eigenvalue weighted by Gasteiger charge is 2.34. The molecule has 1 aromatic carbocycles. The molecule has 0 saturated carbocycles. The van der Waals surface area contributed by atoms with Crippen LogP contribution in [0.3, 0.4) is 0 Å². The molecule has 0 aliphatic carbocycles. The number of rotatable bonds is 7. The van der Waals surface area contributed by atoms with Gasteiger partial charge in [-0.1, -0.05) is 24.3 Å². The summed E-state index contributed by atoms with van der Waals surface area (Å²) in [5.74, 6) is 0.782. The summed E-state index contributed by atoms with van der Waals surface area (Å²) >= 11 is 0. The first-order valence-electron chi connectivity index (χ1n) is 9.30. The highest BCUT2D eigenvalue weighted by molar-refractivity contribution is 5.83. The van der Waals surface area contributed by atoms with Crippen LogP contribution in [0, 0.1) is 5.41 Å². The van der Waals surface area contributed by atoms with Crippen molar-refractivity contribution in [3.63, 3.8) is 0 Å². The number of hydrogen-bond acceptors (Lipinski definition) is 4. The molecule has 1 aliphatic rings. The molecular weight excluding hydrogens is 328 g/mol. The first-order chi connectivity index (χ1) is 12.8. The summed E-state index contributed by atoms with van der Waals surface area (Å²) in [6, 6.07) is 10.2. The fourth-order valence-electron chi connectivity index (χ4n) is 3.38. The summed E-state index contributed by atoms with van der Waals surface area (Å²) in [5, 5.41) is 17.2. The van der Waals surface area contributed by atoms with Crippen molar-refractivity contribution in [2.24, 2.45) is 10.4 Å². The Balaban J connectivity index is 1.70. The topological polar surface area (TPSA) is 78.8 Å². The van der Waals surface area contributed by atoms with E-state index in [1.807, 2.05) is 18.3 Å². The Hall–Kier alpha value is -2.18. The summed E-state index contributed by atoms with van der Waals surface area (Å²) in [5.41, 5.74) is 2.09. The number of pyridine rings is 1. The third-order valence-electron chi connectivity index (χ3n) is 4.93. The van der Waals surface area contributed by atoms with Gasteiger partial charge in [0, 0.05) is 43.3 Å². The van der Waals surface area contributed by atoms with Gasteiger partial charge in [-0.15, -0.1) is 0 Å². The fraction of sp³-hybridized carbons (Fsp3) is 0.500. The number of aromatic nitrogens is 1. The SMILES string of the molecule is CCNC(=NCc1cccc2cccnc12)NCC1(CCO)CCOC1. The van der Waals surface area contributed by atoms with Crippen LogP contribution in [0.1, 0.15) is 25.3 Å². The number of nitrogens with zero attached hydrogens (tertiary/aromatic N) is 2. The molecule has 3 rings (SSSR count).